The summed E-state index contributed by atoms with van der Waals surface area (Å²) < 4.78 is 25.7. The molecule has 0 aliphatic heterocycles. The Morgan fingerprint density at radius 2 is 2.05 bits per heavy atom. The van der Waals surface area contributed by atoms with Gasteiger partial charge in [0, 0.05) is 6.54 Å². The summed E-state index contributed by atoms with van der Waals surface area (Å²) >= 11 is 0. The third-order valence-corrected chi connectivity index (χ3v) is 4.06. The van der Waals surface area contributed by atoms with Crippen molar-refractivity contribution in [2.75, 3.05) is 30.8 Å². The van der Waals surface area contributed by atoms with Crippen molar-refractivity contribution in [3.8, 4) is 0 Å². The van der Waals surface area contributed by atoms with Crippen molar-refractivity contribution in [3.63, 3.8) is 0 Å². The van der Waals surface area contributed by atoms with Gasteiger partial charge in [-0.15, -0.1) is 0 Å². The lowest BCUT2D eigenvalue weighted by atomic mass is 10.2. The minimum absolute atomic E-state index is 0.0241. The summed E-state index contributed by atoms with van der Waals surface area (Å²) in [6.45, 7) is 2.28. The molecule has 0 atom stereocenters. The molecule has 0 spiro atoms. The number of primary amides is 1. The quantitative estimate of drug-likeness (QED) is 0.608. The normalized spacial score (nSPS) is 11.3. The van der Waals surface area contributed by atoms with Crippen LogP contribution < -0.4 is 21.1 Å². The zero-order valence-corrected chi connectivity index (χ0v) is 11.7. The van der Waals surface area contributed by atoms with Gasteiger partial charge in [-0.3, -0.25) is 4.79 Å². The number of nitrogens with one attached hydrogen (secondary N) is 1. The van der Waals surface area contributed by atoms with Crippen LogP contribution in [0.15, 0.2) is 23.1 Å². The highest BCUT2D eigenvalue weighted by Crippen LogP contribution is 2.26. The van der Waals surface area contributed by atoms with Crippen molar-refractivity contribution in [2.24, 2.45) is 5.73 Å². The first-order valence-electron chi connectivity index (χ1n) is 5.68. The lowest BCUT2D eigenvalue weighted by Gasteiger charge is -2.23. The number of hydrogen-bond donors (Lipinski definition) is 3. The third-order valence-electron chi connectivity index (χ3n) is 2.65. The summed E-state index contributed by atoms with van der Waals surface area (Å²) in [5.41, 5.74) is 11.8. The predicted octanol–water partition coefficient (Wildman–Crippen LogP) is -0.511. The van der Waals surface area contributed by atoms with Crippen molar-refractivity contribution in [1.82, 2.24) is 4.72 Å². The van der Waals surface area contributed by atoms with Gasteiger partial charge in [0.05, 0.1) is 22.8 Å². The Hall–Kier alpha value is -1.80. The maximum Gasteiger partial charge on any atom is 0.240 e. The molecule has 0 aliphatic rings. The molecule has 19 heavy (non-hydrogen) atoms. The lowest BCUT2D eigenvalue weighted by molar-refractivity contribution is -0.116. The standard InChI is InChI=1S/C11H18N4O3S/c1-3-15(7-11(13)16)10-6-8(4-5-9(10)12)19(17,18)14-2/h4-6,14H,3,7,12H2,1-2H3,(H2,13,16). The van der Waals surface area contributed by atoms with E-state index >= 15 is 0 Å². The first-order valence-corrected chi connectivity index (χ1v) is 7.16. The highest BCUT2D eigenvalue weighted by Gasteiger charge is 2.16. The molecule has 0 bridgehead atoms. The third kappa shape index (κ3) is 3.58. The van der Waals surface area contributed by atoms with Gasteiger partial charge in [-0.05, 0) is 32.2 Å². The fourth-order valence-electron chi connectivity index (χ4n) is 1.64. The first kappa shape index (κ1) is 15.3. The van der Waals surface area contributed by atoms with E-state index in [1.165, 1.54) is 25.2 Å². The van der Waals surface area contributed by atoms with Crippen LogP contribution in [0, 0.1) is 0 Å². The number of nitrogens with two attached hydrogens (primary N) is 2. The Kier molecular flexibility index (Phi) is 4.73. The van der Waals surface area contributed by atoms with Crippen LogP contribution in [0.5, 0.6) is 0 Å². The molecule has 0 saturated heterocycles. The molecule has 8 heteroatoms. The zero-order valence-electron chi connectivity index (χ0n) is 10.9. The monoisotopic (exact) mass is 286 g/mol. The maximum absolute atomic E-state index is 11.7. The number of benzene rings is 1. The SMILES string of the molecule is CCN(CC(N)=O)c1cc(S(=O)(=O)NC)ccc1N. The number of carbonyl (C=O) groups is 1. The van der Waals surface area contributed by atoms with Crippen LogP contribution in [-0.2, 0) is 14.8 Å². The van der Waals surface area contributed by atoms with Gasteiger partial charge in [-0.1, -0.05) is 0 Å². The van der Waals surface area contributed by atoms with Crippen LogP contribution >= 0.6 is 0 Å². The van der Waals surface area contributed by atoms with E-state index in [2.05, 4.69) is 4.72 Å². The van der Waals surface area contributed by atoms with Gasteiger partial charge in [0.2, 0.25) is 15.9 Å². The van der Waals surface area contributed by atoms with E-state index < -0.39 is 15.9 Å². The Balaban J connectivity index is 3.27. The molecule has 1 rings (SSSR count). The Morgan fingerprint density at radius 3 is 2.53 bits per heavy atom. The summed E-state index contributed by atoms with van der Waals surface area (Å²) in [7, 11) is -2.23. The average Bonchev–Trinajstić information content (AvgIpc) is 2.36. The summed E-state index contributed by atoms with van der Waals surface area (Å²) in [5, 5.41) is 0. The van der Waals surface area contributed by atoms with Crippen molar-refractivity contribution in [1.29, 1.82) is 0 Å². The number of amides is 1. The van der Waals surface area contributed by atoms with Crippen LogP contribution in [0.2, 0.25) is 0 Å². The lowest BCUT2D eigenvalue weighted by Crippen LogP contribution is -2.34. The molecule has 0 heterocycles. The van der Waals surface area contributed by atoms with Gasteiger partial charge in [0.15, 0.2) is 0 Å². The molecule has 1 amide bonds. The number of carbonyl (C=O) groups excluding carboxylic acids is 1. The van der Waals surface area contributed by atoms with E-state index in [1.807, 2.05) is 6.92 Å². The largest absolute Gasteiger partial charge is 0.397 e. The molecule has 1 aromatic rings. The topological polar surface area (TPSA) is 119 Å². The predicted molar refractivity (Wildman–Crippen MR) is 74.2 cm³/mol. The van der Waals surface area contributed by atoms with E-state index in [0.717, 1.165) is 0 Å². The number of nitrogens with zero attached hydrogens (tertiary/aromatic N) is 1. The summed E-state index contributed by atoms with van der Waals surface area (Å²) in [6, 6.07) is 4.32. The van der Waals surface area contributed by atoms with Crippen LogP contribution in [0.1, 0.15) is 6.92 Å². The number of rotatable bonds is 6. The Labute approximate surface area is 112 Å². The highest BCUT2D eigenvalue weighted by atomic mass is 32.2. The minimum atomic E-state index is -3.56. The number of anilines is 2. The summed E-state index contributed by atoms with van der Waals surface area (Å²) in [6.07, 6.45) is 0. The van der Waals surface area contributed by atoms with Gasteiger partial charge in [-0.25, -0.2) is 13.1 Å². The number of hydrogen-bond acceptors (Lipinski definition) is 5. The van der Waals surface area contributed by atoms with Gasteiger partial charge in [-0.2, -0.15) is 0 Å². The molecular formula is C11H18N4O3S. The smallest absolute Gasteiger partial charge is 0.240 e. The molecular weight excluding hydrogens is 268 g/mol. The molecule has 0 aliphatic carbocycles. The van der Waals surface area contributed by atoms with Crippen LogP contribution in [0.3, 0.4) is 0 Å². The van der Waals surface area contributed by atoms with E-state index in [1.54, 1.807) is 4.90 Å². The zero-order chi connectivity index (χ0) is 14.6. The number of nitrogen functional groups attached to an aromatic ring is 1. The fraction of sp³-hybridized carbons (Fsp3) is 0.364. The molecule has 0 fully saturated rings. The van der Waals surface area contributed by atoms with E-state index in [9.17, 15) is 13.2 Å². The van der Waals surface area contributed by atoms with Gasteiger partial charge >= 0.3 is 0 Å². The number of likely N-dealkylation sites (N-methyl/N-ethyl adjacent to an activating group) is 1. The molecule has 0 radical (unpaired) electrons. The molecule has 7 nitrogen and oxygen atoms in total. The van der Waals surface area contributed by atoms with Crippen molar-refractivity contribution >= 4 is 27.3 Å². The molecule has 1 aromatic carbocycles. The second-order valence-corrected chi connectivity index (χ2v) is 5.80. The minimum Gasteiger partial charge on any atom is -0.397 e. The first-order chi connectivity index (χ1) is 8.81. The molecule has 5 N–H and O–H groups in total. The molecule has 106 valence electrons. The number of sulfonamides is 1. The van der Waals surface area contributed by atoms with E-state index in [4.69, 9.17) is 11.5 Å². The fourth-order valence-corrected chi connectivity index (χ4v) is 2.39. The van der Waals surface area contributed by atoms with Gasteiger partial charge in [0.1, 0.15) is 0 Å². The highest BCUT2D eigenvalue weighted by molar-refractivity contribution is 7.89. The van der Waals surface area contributed by atoms with Crippen molar-refractivity contribution < 1.29 is 13.2 Å². The average molecular weight is 286 g/mol. The molecule has 0 aromatic heterocycles. The van der Waals surface area contributed by atoms with Crippen molar-refractivity contribution in [3.05, 3.63) is 18.2 Å². The molecule has 0 saturated carbocycles. The second kappa shape index (κ2) is 5.89. The van der Waals surface area contributed by atoms with Crippen molar-refractivity contribution in [2.45, 2.75) is 11.8 Å². The maximum atomic E-state index is 11.7. The van der Waals surface area contributed by atoms with Gasteiger partial charge in [0.25, 0.3) is 0 Å². The van der Waals surface area contributed by atoms with Crippen LogP contribution in [0.25, 0.3) is 0 Å². The second-order valence-electron chi connectivity index (χ2n) is 3.91. The van der Waals surface area contributed by atoms with Crippen LogP contribution in [-0.4, -0.2) is 34.5 Å². The Morgan fingerprint density at radius 1 is 1.42 bits per heavy atom. The summed E-state index contributed by atoms with van der Waals surface area (Å²) in [4.78, 5) is 12.7. The molecule has 0 unspecified atom stereocenters. The van der Waals surface area contributed by atoms with E-state index in [0.29, 0.717) is 17.9 Å². The summed E-state index contributed by atoms with van der Waals surface area (Å²) in [5.74, 6) is -0.511. The van der Waals surface area contributed by atoms with Gasteiger partial charge < -0.3 is 16.4 Å². The van der Waals surface area contributed by atoms with E-state index in [-0.39, 0.29) is 11.4 Å². The van der Waals surface area contributed by atoms with Crippen LogP contribution in [0.4, 0.5) is 11.4 Å². The Bertz CT molecular complexity index is 571.